The zero-order valence-electron chi connectivity index (χ0n) is 11.5. The second-order valence-electron chi connectivity index (χ2n) is 4.97. The van der Waals surface area contributed by atoms with Crippen molar-refractivity contribution in [2.24, 2.45) is 5.92 Å². The van der Waals surface area contributed by atoms with Crippen molar-refractivity contribution in [3.63, 3.8) is 0 Å². The fraction of sp³-hybridized carbons (Fsp3) is 0.357. The maximum atomic E-state index is 12.3. The van der Waals surface area contributed by atoms with Crippen LogP contribution in [0.2, 0.25) is 0 Å². The number of rotatable bonds is 5. The predicted molar refractivity (Wildman–Crippen MR) is 85.3 cm³/mol. The van der Waals surface area contributed by atoms with Crippen molar-refractivity contribution in [2.45, 2.75) is 6.42 Å². The van der Waals surface area contributed by atoms with Crippen molar-refractivity contribution in [3.05, 3.63) is 46.3 Å². The lowest BCUT2D eigenvalue weighted by atomic mass is 10.1. The van der Waals surface area contributed by atoms with Crippen LogP contribution >= 0.6 is 15.9 Å². The Morgan fingerprint density at radius 2 is 2.10 bits per heavy atom. The standard InChI is InChI=1S/C14H17BrN2O3S/c1-2-21(19,20)16-9-11-7-8-17(10-11)14(18)12-3-5-13(15)6-4-12/h2-6,11,16H,1,7-10H2. The van der Waals surface area contributed by atoms with Crippen LogP contribution in [0.15, 0.2) is 40.7 Å². The average Bonchev–Trinajstić information content (AvgIpc) is 2.94. The topological polar surface area (TPSA) is 66.5 Å². The third-order valence-corrected chi connectivity index (χ3v) is 4.99. The molecule has 1 aromatic rings. The molecule has 1 unspecified atom stereocenters. The Kier molecular flexibility index (Phi) is 5.18. The van der Waals surface area contributed by atoms with Crippen LogP contribution in [0.3, 0.4) is 0 Å². The number of hydrogen-bond acceptors (Lipinski definition) is 3. The van der Waals surface area contributed by atoms with Gasteiger partial charge in [0.15, 0.2) is 0 Å². The molecule has 1 fully saturated rings. The summed E-state index contributed by atoms with van der Waals surface area (Å²) in [5.41, 5.74) is 0.644. The summed E-state index contributed by atoms with van der Waals surface area (Å²) in [6.45, 7) is 4.79. The van der Waals surface area contributed by atoms with Crippen LogP contribution in [0.25, 0.3) is 0 Å². The van der Waals surface area contributed by atoms with E-state index in [0.717, 1.165) is 16.3 Å². The van der Waals surface area contributed by atoms with Gasteiger partial charge in [0.1, 0.15) is 0 Å². The van der Waals surface area contributed by atoms with Crippen LogP contribution in [-0.2, 0) is 10.0 Å². The number of carbonyl (C=O) groups is 1. The van der Waals surface area contributed by atoms with Crippen LogP contribution in [0.1, 0.15) is 16.8 Å². The lowest BCUT2D eigenvalue weighted by molar-refractivity contribution is 0.0787. The molecule has 2 rings (SSSR count). The van der Waals surface area contributed by atoms with Gasteiger partial charge in [0.2, 0.25) is 10.0 Å². The van der Waals surface area contributed by atoms with Crippen molar-refractivity contribution in [3.8, 4) is 0 Å². The molecule has 21 heavy (non-hydrogen) atoms. The molecule has 1 aromatic carbocycles. The maximum absolute atomic E-state index is 12.3. The highest BCUT2D eigenvalue weighted by Gasteiger charge is 2.27. The number of nitrogens with zero attached hydrogens (tertiary/aromatic N) is 1. The van der Waals surface area contributed by atoms with Gasteiger partial charge < -0.3 is 4.90 Å². The van der Waals surface area contributed by atoms with E-state index in [9.17, 15) is 13.2 Å². The number of carbonyl (C=O) groups excluding carboxylic acids is 1. The molecule has 1 saturated heterocycles. The van der Waals surface area contributed by atoms with Crippen LogP contribution < -0.4 is 4.72 Å². The molecule has 0 spiro atoms. The van der Waals surface area contributed by atoms with Crippen molar-refractivity contribution in [1.29, 1.82) is 0 Å². The first-order chi connectivity index (χ1) is 9.91. The molecule has 0 bridgehead atoms. The normalized spacial score (nSPS) is 18.7. The quantitative estimate of drug-likeness (QED) is 0.858. The molecule has 1 aliphatic heterocycles. The largest absolute Gasteiger partial charge is 0.338 e. The molecule has 0 radical (unpaired) electrons. The number of amides is 1. The van der Waals surface area contributed by atoms with Crippen molar-refractivity contribution in [2.75, 3.05) is 19.6 Å². The second kappa shape index (κ2) is 6.72. The number of likely N-dealkylation sites (tertiary alicyclic amines) is 1. The molecule has 114 valence electrons. The summed E-state index contributed by atoms with van der Waals surface area (Å²) in [5, 5.41) is 0.896. The van der Waals surface area contributed by atoms with Gasteiger partial charge in [-0.2, -0.15) is 0 Å². The fourth-order valence-corrected chi connectivity index (χ4v) is 3.10. The molecule has 1 aliphatic rings. The van der Waals surface area contributed by atoms with Crippen LogP contribution in [-0.4, -0.2) is 38.9 Å². The van der Waals surface area contributed by atoms with E-state index in [1.54, 1.807) is 17.0 Å². The zero-order chi connectivity index (χ0) is 15.5. The second-order valence-corrected chi connectivity index (χ2v) is 7.60. The van der Waals surface area contributed by atoms with Gasteiger partial charge in [-0.25, -0.2) is 13.1 Å². The van der Waals surface area contributed by atoms with Crippen LogP contribution in [0.5, 0.6) is 0 Å². The van der Waals surface area contributed by atoms with E-state index in [-0.39, 0.29) is 11.8 Å². The Bertz CT molecular complexity index is 628. The van der Waals surface area contributed by atoms with Crippen LogP contribution in [0.4, 0.5) is 0 Å². The van der Waals surface area contributed by atoms with E-state index in [1.807, 2.05) is 12.1 Å². The molecule has 1 atom stereocenters. The van der Waals surface area contributed by atoms with E-state index in [2.05, 4.69) is 27.2 Å². The number of benzene rings is 1. The highest BCUT2D eigenvalue weighted by molar-refractivity contribution is 9.10. The van der Waals surface area contributed by atoms with Gasteiger partial charge in [0.05, 0.1) is 0 Å². The molecule has 0 saturated carbocycles. The summed E-state index contributed by atoms with van der Waals surface area (Å²) in [6, 6.07) is 7.22. The summed E-state index contributed by atoms with van der Waals surface area (Å²) in [5.74, 6) is 0.121. The van der Waals surface area contributed by atoms with E-state index in [0.29, 0.717) is 25.2 Å². The Hall–Kier alpha value is -1.18. The molecule has 5 nitrogen and oxygen atoms in total. The average molecular weight is 373 g/mol. The minimum atomic E-state index is -3.40. The summed E-state index contributed by atoms with van der Waals surface area (Å²) in [6.07, 6.45) is 0.794. The van der Waals surface area contributed by atoms with Crippen molar-refractivity contribution >= 4 is 31.9 Å². The number of nitrogens with one attached hydrogen (secondary N) is 1. The Morgan fingerprint density at radius 3 is 2.71 bits per heavy atom. The van der Waals surface area contributed by atoms with Gasteiger partial charge in [0.25, 0.3) is 5.91 Å². The van der Waals surface area contributed by atoms with Gasteiger partial charge in [-0.15, -0.1) is 0 Å². The molecular formula is C14H17BrN2O3S. The van der Waals surface area contributed by atoms with E-state index in [4.69, 9.17) is 0 Å². The molecular weight excluding hydrogens is 356 g/mol. The summed E-state index contributed by atoms with van der Waals surface area (Å²) >= 11 is 3.34. The Balaban J connectivity index is 1.91. The number of sulfonamides is 1. The number of halogens is 1. The first-order valence-corrected chi connectivity index (χ1v) is 8.92. The molecule has 0 aromatic heterocycles. The predicted octanol–water partition coefficient (Wildman–Crippen LogP) is 1.97. The summed E-state index contributed by atoms with van der Waals surface area (Å²) in [4.78, 5) is 14.1. The molecule has 1 N–H and O–H groups in total. The Labute approximate surface area is 133 Å². The Morgan fingerprint density at radius 1 is 1.43 bits per heavy atom. The smallest absolute Gasteiger partial charge is 0.253 e. The van der Waals surface area contributed by atoms with Crippen LogP contribution in [0, 0.1) is 5.92 Å². The van der Waals surface area contributed by atoms with E-state index in [1.165, 1.54) is 0 Å². The van der Waals surface area contributed by atoms with Gasteiger partial charge in [0, 0.05) is 35.1 Å². The molecule has 7 heteroatoms. The third-order valence-electron chi connectivity index (χ3n) is 3.46. The SMILES string of the molecule is C=CS(=O)(=O)NCC1CCN(C(=O)c2ccc(Br)cc2)C1. The van der Waals surface area contributed by atoms with Crippen molar-refractivity contribution < 1.29 is 13.2 Å². The van der Waals surface area contributed by atoms with E-state index < -0.39 is 10.0 Å². The minimum Gasteiger partial charge on any atom is -0.338 e. The van der Waals surface area contributed by atoms with E-state index >= 15 is 0 Å². The first-order valence-electron chi connectivity index (χ1n) is 6.58. The molecule has 1 amide bonds. The fourth-order valence-electron chi connectivity index (χ4n) is 2.25. The third kappa shape index (κ3) is 4.39. The lowest BCUT2D eigenvalue weighted by Gasteiger charge is -2.16. The van der Waals surface area contributed by atoms with Gasteiger partial charge in [-0.3, -0.25) is 4.79 Å². The highest BCUT2D eigenvalue weighted by atomic mass is 79.9. The van der Waals surface area contributed by atoms with Gasteiger partial charge in [-0.1, -0.05) is 22.5 Å². The molecule has 0 aliphatic carbocycles. The minimum absolute atomic E-state index is 0.0171. The lowest BCUT2D eigenvalue weighted by Crippen LogP contribution is -2.32. The number of hydrogen-bond donors (Lipinski definition) is 1. The zero-order valence-corrected chi connectivity index (χ0v) is 13.9. The monoisotopic (exact) mass is 372 g/mol. The first kappa shape index (κ1) is 16.2. The summed E-state index contributed by atoms with van der Waals surface area (Å²) in [7, 11) is -3.40. The van der Waals surface area contributed by atoms with Crippen molar-refractivity contribution in [1.82, 2.24) is 9.62 Å². The van der Waals surface area contributed by atoms with Gasteiger partial charge in [-0.05, 0) is 36.6 Å². The van der Waals surface area contributed by atoms with Gasteiger partial charge >= 0.3 is 0 Å². The molecule has 1 heterocycles. The highest BCUT2D eigenvalue weighted by Crippen LogP contribution is 2.19. The summed E-state index contributed by atoms with van der Waals surface area (Å²) < 4.78 is 26.0. The maximum Gasteiger partial charge on any atom is 0.253 e.